The molecule has 0 unspecified atom stereocenters. The largest absolute Gasteiger partial charge is 0.478 e. The Kier molecular flexibility index (Phi) is 6.04. The Bertz CT molecular complexity index is 1310. The van der Waals surface area contributed by atoms with Crippen molar-refractivity contribution in [2.75, 3.05) is 0 Å². The number of furan rings is 1. The molecule has 0 aliphatic heterocycles. The number of benzene rings is 3. The SMILES string of the molecule is CCC(=C(c1ccc(C=CC(=O)O)cc1)c1cc2ccccc2o1)c1ccc(F)cc1C. The Labute approximate surface area is 186 Å². The molecule has 0 fully saturated rings. The number of hydrogen-bond acceptors (Lipinski definition) is 2. The zero-order valence-electron chi connectivity index (χ0n) is 17.9. The van der Waals surface area contributed by atoms with Gasteiger partial charge in [-0.1, -0.05) is 55.5 Å². The lowest BCUT2D eigenvalue weighted by Gasteiger charge is -2.16. The average molecular weight is 426 g/mol. The summed E-state index contributed by atoms with van der Waals surface area (Å²) in [6.07, 6.45) is 3.39. The van der Waals surface area contributed by atoms with Crippen LogP contribution in [0.5, 0.6) is 0 Å². The molecule has 32 heavy (non-hydrogen) atoms. The quantitative estimate of drug-likeness (QED) is 0.259. The monoisotopic (exact) mass is 426 g/mol. The van der Waals surface area contributed by atoms with Gasteiger partial charge in [-0.15, -0.1) is 0 Å². The topological polar surface area (TPSA) is 50.4 Å². The Morgan fingerprint density at radius 2 is 1.78 bits per heavy atom. The molecule has 0 aliphatic carbocycles. The standard InChI is InChI=1S/C28H23FO3/c1-3-23(24-14-13-22(29)16-18(24)2)28(26-17-21-6-4-5-7-25(21)32-26)20-11-8-19(9-12-20)10-15-27(30)31/h4-17H,3H2,1-2H3,(H,30,31). The molecular formula is C28H23FO3. The van der Waals surface area contributed by atoms with Crippen LogP contribution >= 0.6 is 0 Å². The van der Waals surface area contributed by atoms with E-state index in [2.05, 4.69) is 6.92 Å². The van der Waals surface area contributed by atoms with Crippen LogP contribution in [0.15, 0.2) is 83.3 Å². The molecule has 0 saturated heterocycles. The van der Waals surface area contributed by atoms with Gasteiger partial charge in [-0.3, -0.25) is 0 Å². The third-order valence-electron chi connectivity index (χ3n) is 5.46. The molecule has 1 heterocycles. The summed E-state index contributed by atoms with van der Waals surface area (Å²) < 4.78 is 20.0. The maximum atomic E-state index is 13.8. The van der Waals surface area contributed by atoms with Gasteiger partial charge in [0.2, 0.25) is 0 Å². The van der Waals surface area contributed by atoms with Gasteiger partial charge in [-0.05, 0) is 71.5 Å². The van der Waals surface area contributed by atoms with Crippen molar-refractivity contribution in [3.05, 3.63) is 113 Å². The van der Waals surface area contributed by atoms with Gasteiger partial charge in [0.25, 0.3) is 0 Å². The van der Waals surface area contributed by atoms with Crippen molar-refractivity contribution in [2.45, 2.75) is 20.3 Å². The number of allylic oxidation sites excluding steroid dienone is 1. The second kappa shape index (κ2) is 9.06. The molecular weight excluding hydrogens is 403 g/mol. The number of carboxylic acid groups (broad SMARTS) is 1. The number of aliphatic carboxylic acids is 1. The lowest BCUT2D eigenvalue weighted by Crippen LogP contribution is -1.97. The first kappa shape index (κ1) is 21.3. The van der Waals surface area contributed by atoms with Crippen molar-refractivity contribution in [3.63, 3.8) is 0 Å². The van der Waals surface area contributed by atoms with Crippen LogP contribution in [-0.4, -0.2) is 11.1 Å². The van der Waals surface area contributed by atoms with Crippen molar-refractivity contribution in [3.8, 4) is 0 Å². The fourth-order valence-electron chi connectivity index (χ4n) is 3.97. The van der Waals surface area contributed by atoms with Crippen molar-refractivity contribution < 1.29 is 18.7 Å². The number of halogens is 1. The van der Waals surface area contributed by atoms with Crippen molar-refractivity contribution in [2.24, 2.45) is 0 Å². The zero-order valence-corrected chi connectivity index (χ0v) is 17.9. The van der Waals surface area contributed by atoms with Crippen LogP contribution < -0.4 is 0 Å². The molecule has 0 radical (unpaired) electrons. The summed E-state index contributed by atoms with van der Waals surface area (Å²) in [5.41, 5.74) is 6.35. The highest BCUT2D eigenvalue weighted by Gasteiger charge is 2.18. The van der Waals surface area contributed by atoms with Gasteiger partial charge >= 0.3 is 5.97 Å². The molecule has 3 nitrogen and oxygen atoms in total. The predicted octanol–water partition coefficient (Wildman–Crippen LogP) is 7.35. The van der Waals surface area contributed by atoms with Gasteiger partial charge in [-0.2, -0.15) is 0 Å². The van der Waals surface area contributed by atoms with E-state index in [1.807, 2.05) is 67.6 Å². The Hall–Kier alpha value is -3.92. The van der Waals surface area contributed by atoms with Gasteiger partial charge in [-0.25, -0.2) is 9.18 Å². The van der Waals surface area contributed by atoms with Crippen LogP contribution in [0.1, 0.15) is 41.4 Å². The maximum Gasteiger partial charge on any atom is 0.328 e. The summed E-state index contributed by atoms with van der Waals surface area (Å²) in [6.45, 7) is 3.98. The zero-order chi connectivity index (χ0) is 22.7. The third kappa shape index (κ3) is 4.40. The molecule has 1 aromatic heterocycles. The highest BCUT2D eigenvalue weighted by atomic mass is 19.1. The minimum absolute atomic E-state index is 0.262. The van der Waals surface area contributed by atoms with Gasteiger partial charge < -0.3 is 9.52 Å². The van der Waals surface area contributed by atoms with Crippen LogP contribution in [0.3, 0.4) is 0 Å². The second-order valence-electron chi connectivity index (χ2n) is 7.61. The summed E-state index contributed by atoms with van der Waals surface area (Å²) in [6, 6.07) is 22.4. The van der Waals surface area contributed by atoms with Crippen molar-refractivity contribution in [1.82, 2.24) is 0 Å². The molecule has 0 spiro atoms. The summed E-state index contributed by atoms with van der Waals surface area (Å²) >= 11 is 0. The van der Waals surface area contributed by atoms with E-state index < -0.39 is 5.97 Å². The summed E-state index contributed by atoms with van der Waals surface area (Å²) in [7, 11) is 0. The van der Waals surface area contributed by atoms with Crippen LogP contribution in [0.4, 0.5) is 4.39 Å². The number of para-hydroxylation sites is 1. The molecule has 4 rings (SSSR count). The molecule has 3 aromatic carbocycles. The van der Waals surface area contributed by atoms with Crippen LogP contribution in [0, 0.1) is 12.7 Å². The number of aryl methyl sites for hydroxylation is 1. The van der Waals surface area contributed by atoms with E-state index in [0.717, 1.165) is 62.6 Å². The lowest BCUT2D eigenvalue weighted by molar-refractivity contribution is -0.131. The van der Waals surface area contributed by atoms with E-state index >= 15 is 0 Å². The smallest absolute Gasteiger partial charge is 0.328 e. The van der Waals surface area contributed by atoms with Crippen molar-refractivity contribution in [1.29, 1.82) is 0 Å². The van der Waals surface area contributed by atoms with E-state index in [-0.39, 0.29) is 5.82 Å². The lowest BCUT2D eigenvalue weighted by atomic mass is 9.89. The fraction of sp³-hybridized carbons (Fsp3) is 0.107. The first-order valence-electron chi connectivity index (χ1n) is 10.5. The van der Waals surface area contributed by atoms with Crippen LogP contribution in [-0.2, 0) is 4.79 Å². The number of carboxylic acids is 1. The first-order valence-corrected chi connectivity index (χ1v) is 10.5. The predicted molar refractivity (Wildman–Crippen MR) is 127 cm³/mol. The maximum absolute atomic E-state index is 13.8. The molecule has 4 heteroatoms. The molecule has 0 amide bonds. The number of hydrogen-bond donors (Lipinski definition) is 1. The summed E-state index contributed by atoms with van der Waals surface area (Å²) in [5.74, 6) is -0.515. The molecule has 0 saturated carbocycles. The van der Waals surface area contributed by atoms with Gasteiger partial charge in [0.05, 0.1) is 0 Å². The van der Waals surface area contributed by atoms with Gasteiger partial charge in [0.15, 0.2) is 0 Å². The van der Waals surface area contributed by atoms with Crippen LogP contribution in [0.2, 0.25) is 0 Å². The Balaban J connectivity index is 1.93. The van der Waals surface area contributed by atoms with Crippen molar-refractivity contribution >= 4 is 34.2 Å². The second-order valence-corrected chi connectivity index (χ2v) is 7.61. The molecule has 0 bridgehead atoms. The fourth-order valence-corrected chi connectivity index (χ4v) is 3.97. The summed E-state index contributed by atoms with van der Waals surface area (Å²) in [4.78, 5) is 10.8. The summed E-state index contributed by atoms with van der Waals surface area (Å²) in [5, 5.41) is 9.89. The highest BCUT2D eigenvalue weighted by molar-refractivity contribution is 6.00. The number of carbonyl (C=O) groups is 1. The average Bonchev–Trinajstić information content (AvgIpc) is 3.20. The minimum atomic E-state index is -0.989. The third-order valence-corrected chi connectivity index (χ3v) is 5.46. The van der Waals surface area contributed by atoms with E-state index in [9.17, 15) is 9.18 Å². The Morgan fingerprint density at radius 1 is 1.03 bits per heavy atom. The highest BCUT2D eigenvalue weighted by Crippen LogP contribution is 2.38. The van der Waals surface area contributed by atoms with E-state index in [1.165, 1.54) is 6.07 Å². The van der Waals surface area contributed by atoms with E-state index in [0.29, 0.717) is 0 Å². The Morgan fingerprint density at radius 3 is 2.44 bits per heavy atom. The van der Waals surface area contributed by atoms with Gasteiger partial charge in [0.1, 0.15) is 17.2 Å². The van der Waals surface area contributed by atoms with Gasteiger partial charge in [0, 0.05) is 17.0 Å². The van der Waals surface area contributed by atoms with E-state index in [1.54, 1.807) is 12.1 Å². The number of fused-ring (bicyclic) bond motifs is 1. The van der Waals surface area contributed by atoms with Crippen LogP contribution in [0.25, 0.3) is 28.2 Å². The van der Waals surface area contributed by atoms with E-state index in [4.69, 9.17) is 9.52 Å². The molecule has 0 atom stereocenters. The molecule has 160 valence electrons. The molecule has 4 aromatic rings. The first-order chi connectivity index (χ1) is 15.5. The molecule has 0 aliphatic rings. The minimum Gasteiger partial charge on any atom is -0.478 e. The molecule has 1 N–H and O–H groups in total. The normalized spacial score (nSPS) is 12.3. The number of rotatable bonds is 6.